The fourth-order valence-electron chi connectivity index (χ4n) is 2.86. The van der Waals surface area contributed by atoms with Crippen molar-refractivity contribution in [2.45, 2.75) is 13.5 Å². The van der Waals surface area contributed by atoms with Gasteiger partial charge >= 0.3 is 11.9 Å². The number of carboxylic acids is 2. The molecular weight excluding hydrogens is 362 g/mol. The summed E-state index contributed by atoms with van der Waals surface area (Å²) in [5.41, 5.74) is -0.0146. The largest absolute Gasteiger partial charge is 0.489 e. The van der Waals surface area contributed by atoms with Gasteiger partial charge in [-0.25, -0.2) is 9.59 Å². The molecule has 0 spiro atoms. The number of aromatic nitrogens is 1. The first kappa shape index (κ1) is 18.9. The maximum atomic E-state index is 12.6. The number of benzene rings is 2. The van der Waals surface area contributed by atoms with Crippen molar-refractivity contribution in [3.63, 3.8) is 0 Å². The van der Waals surface area contributed by atoms with Crippen LogP contribution in [0.25, 0.3) is 5.69 Å². The number of hydrogen-bond donors (Lipinski definition) is 2. The van der Waals surface area contributed by atoms with E-state index in [-0.39, 0.29) is 23.4 Å². The van der Waals surface area contributed by atoms with Crippen LogP contribution in [0.2, 0.25) is 0 Å². The second-order valence-corrected chi connectivity index (χ2v) is 6.11. The third-order valence-electron chi connectivity index (χ3n) is 4.21. The van der Waals surface area contributed by atoms with Crippen molar-refractivity contribution < 1.29 is 24.5 Å². The summed E-state index contributed by atoms with van der Waals surface area (Å²) >= 11 is 0. The Bertz CT molecular complexity index is 1100. The summed E-state index contributed by atoms with van der Waals surface area (Å²) in [4.78, 5) is 35.9. The van der Waals surface area contributed by atoms with Crippen LogP contribution in [0, 0.1) is 6.92 Å². The number of nitrogens with zero attached hydrogens (tertiary/aromatic N) is 1. The minimum Gasteiger partial charge on any atom is -0.489 e. The Morgan fingerprint density at radius 3 is 2.32 bits per heavy atom. The fraction of sp³-hybridized carbons (Fsp3) is 0.0952. The topological polar surface area (TPSA) is 106 Å². The van der Waals surface area contributed by atoms with Gasteiger partial charge in [-0.15, -0.1) is 0 Å². The maximum Gasteiger partial charge on any atom is 0.338 e. The lowest BCUT2D eigenvalue weighted by Gasteiger charge is -2.15. The lowest BCUT2D eigenvalue weighted by Crippen LogP contribution is -2.23. The molecule has 28 heavy (non-hydrogen) atoms. The van der Waals surface area contributed by atoms with E-state index in [1.54, 1.807) is 6.92 Å². The Morgan fingerprint density at radius 1 is 1.00 bits per heavy atom. The number of carboxylic acid groups (broad SMARTS) is 2. The van der Waals surface area contributed by atoms with Gasteiger partial charge in [-0.05, 0) is 30.2 Å². The highest BCUT2D eigenvalue weighted by atomic mass is 16.5. The van der Waals surface area contributed by atoms with Crippen molar-refractivity contribution in [3.05, 3.63) is 93.4 Å². The first-order chi connectivity index (χ1) is 13.4. The van der Waals surface area contributed by atoms with Gasteiger partial charge in [0.15, 0.2) is 0 Å². The van der Waals surface area contributed by atoms with Crippen molar-refractivity contribution in [3.8, 4) is 11.4 Å². The van der Waals surface area contributed by atoms with Crippen LogP contribution >= 0.6 is 0 Å². The molecule has 142 valence electrons. The van der Waals surface area contributed by atoms with Crippen molar-refractivity contribution in [2.24, 2.45) is 0 Å². The summed E-state index contributed by atoms with van der Waals surface area (Å²) in [5.74, 6) is -2.34. The van der Waals surface area contributed by atoms with Crippen LogP contribution in [0.15, 0.2) is 65.6 Å². The van der Waals surface area contributed by atoms with E-state index >= 15 is 0 Å². The summed E-state index contributed by atoms with van der Waals surface area (Å²) in [6.07, 6.45) is 1.32. The molecule has 1 aromatic heterocycles. The third kappa shape index (κ3) is 3.78. The van der Waals surface area contributed by atoms with Crippen LogP contribution in [0.4, 0.5) is 0 Å². The molecule has 7 heteroatoms. The highest BCUT2D eigenvalue weighted by Crippen LogP contribution is 2.23. The zero-order chi connectivity index (χ0) is 20.3. The Balaban J connectivity index is 2.03. The van der Waals surface area contributed by atoms with Crippen LogP contribution in [0.5, 0.6) is 5.75 Å². The van der Waals surface area contributed by atoms with Crippen LogP contribution in [-0.2, 0) is 6.61 Å². The molecule has 0 aliphatic carbocycles. The molecule has 0 saturated carbocycles. The number of aryl methyl sites for hydroxylation is 1. The number of carbonyl (C=O) groups is 2. The Hall–Kier alpha value is -3.87. The molecule has 0 radical (unpaired) electrons. The molecule has 0 fully saturated rings. The third-order valence-corrected chi connectivity index (χ3v) is 4.21. The number of rotatable bonds is 6. The molecule has 7 nitrogen and oxygen atoms in total. The molecule has 0 saturated heterocycles. The van der Waals surface area contributed by atoms with E-state index < -0.39 is 17.5 Å². The normalized spacial score (nSPS) is 10.5. The standard InChI is InChI=1S/C21H17NO6/c1-13-7-8-16(20(24)25)19(18(13)21(26)27)22-10-9-15(11-17(22)23)28-12-14-5-3-2-4-6-14/h2-11H,12H2,1H3,(H,24,25)(H,26,27). The van der Waals surface area contributed by atoms with Gasteiger partial charge in [-0.3, -0.25) is 9.36 Å². The SMILES string of the molecule is Cc1ccc(C(=O)O)c(-n2ccc(OCc3ccccc3)cc2=O)c1C(=O)O. The summed E-state index contributed by atoms with van der Waals surface area (Å²) in [5, 5.41) is 19.0. The number of hydrogen-bond acceptors (Lipinski definition) is 4. The van der Waals surface area contributed by atoms with Crippen LogP contribution in [0.3, 0.4) is 0 Å². The number of pyridine rings is 1. The molecular formula is C21H17NO6. The second kappa shape index (κ2) is 7.79. The lowest BCUT2D eigenvalue weighted by atomic mass is 10.0. The molecule has 2 N–H and O–H groups in total. The zero-order valence-corrected chi connectivity index (χ0v) is 15.0. The van der Waals surface area contributed by atoms with Crippen molar-refractivity contribution in [1.82, 2.24) is 4.57 Å². The molecule has 0 amide bonds. The van der Waals surface area contributed by atoms with Crippen LogP contribution in [-0.4, -0.2) is 26.7 Å². The quantitative estimate of drug-likeness (QED) is 0.682. The van der Waals surface area contributed by atoms with E-state index in [4.69, 9.17) is 4.74 Å². The van der Waals surface area contributed by atoms with E-state index in [1.807, 2.05) is 30.3 Å². The van der Waals surface area contributed by atoms with E-state index in [2.05, 4.69) is 0 Å². The molecule has 0 aliphatic rings. The number of aromatic carboxylic acids is 2. The van der Waals surface area contributed by atoms with Crippen LogP contribution in [0.1, 0.15) is 31.8 Å². The van der Waals surface area contributed by atoms with Crippen molar-refractivity contribution >= 4 is 11.9 Å². The molecule has 2 aromatic carbocycles. The predicted molar refractivity (Wildman–Crippen MR) is 101 cm³/mol. The minimum absolute atomic E-state index is 0.181. The summed E-state index contributed by atoms with van der Waals surface area (Å²) < 4.78 is 6.61. The molecule has 3 aromatic rings. The van der Waals surface area contributed by atoms with E-state index in [1.165, 1.54) is 30.5 Å². The van der Waals surface area contributed by atoms with Gasteiger partial charge in [0, 0.05) is 12.3 Å². The minimum atomic E-state index is -1.33. The molecule has 0 atom stereocenters. The molecule has 3 rings (SSSR count). The predicted octanol–water partition coefficient (Wildman–Crippen LogP) is 3.12. The smallest absolute Gasteiger partial charge is 0.338 e. The van der Waals surface area contributed by atoms with Crippen molar-refractivity contribution in [2.75, 3.05) is 0 Å². The second-order valence-electron chi connectivity index (χ2n) is 6.11. The van der Waals surface area contributed by atoms with E-state index in [0.29, 0.717) is 11.3 Å². The van der Waals surface area contributed by atoms with E-state index in [0.717, 1.165) is 10.1 Å². The summed E-state index contributed by atoms with van der Waals surface area (Å²) in [6.45, 7) is 1.80. The summed E-state index contributed by atoms with van der Waals surface area (Å²) in [6, 6.07) is 14.8. The Labute approximate surface area is 160 Å². The highest BCUT2D eigenvalue weighted by Gasteiger charge is 2.23. The first-order valence-electron chi connectivity index (χ1n) is 8.38. The monoisotopic (exact) mass is 379 g/mol. The number of ether oxygens (including phenoxy) is 1. The van der Waals surface area contributed by atoms with Gasteiger partial charge in [0.25, 0.3) is 5.56 Å². The Kier molecular flexibility index (Phi) is 5.26. The highest BCUT2D eigenvalue weighted by molar-refractivity contribution is 6.01. The molecule has 1 heterocycles. The molecule has 0 aliphatic heterocycles. The fourth-order valence-corrected chi connectivity index (χ4v) is 2.86. The lowest BCUT2D eigenvalue weighted by molar-refractivity contribution is 0.0695. The van der Waals surface area contributed by atoms with Crippen LogP contribution < -0.4 is 10.3 Å². The average Bonchev–Trinajstić information content (AvgIpc) is 2.66. The van der Waals surface area contributed by atoms with Gasteiger partial charge in [0.2, 0.25) is 0 Å². The van der Waals surface area contributed by atoms with Gasteiger partial charge in [0.05, 0.1) is 16.8 Å². The van der Waals surface area contributed by atoms with Gasteiger partial charge in [-0.2, -0.15) is 0 Å². The maximum absolute atomic E-state index is 12.6. The molecule has 0 unspecified atom stereocenters. The molecule has 0 bridgehead atoms. The van der Waals surface area contributed by atoms with Crippen molar-refractivity contribution in [1.29, 1.82) is 0 Å². The average molecular weight is 379 g/mol. The van der Waals surface area contributed by atoms with Gasteiger partial charge in [0.1, 0.15) is 12.4 Å². The zero-order valence-electron chi connectivity index (χ0n) is 15.0. The van der Waals surface area contributed by atoms with Gasteiger partial charge in [-0.1, -0.05) is 36.4 Å². The van der Waals surface area contributed by atoms with Gasteiger partial charge < -0.3 is 14.9 Å². The summed E-state index contributed by atoms with van der Waals surface area (Å²) in [7, 11) is 0. The van der Waals surface area contributed by atoms with E-state index in [9.17, 15) is 24.6 Å². The first-order valence-corrected chi connectivity index (χ1v) is 8.38. The Morgan fingerprint density at radius 2 is 1.71 bits per heavy atom.